The molecule has 0 bridgehead atoms. The maximum absolute atomic E-state index is 13.8. The average Bonchev–Trinajstić information content (AvgIpc) is 2.68. The highest BCUT2D eigenvalue weighted by molar-refractivity contribution is 5.77. The molecular formula is C20H26FN3O3. The fraction of sp³-hybridized carbons (Fsp3) is 0.350. The molecule has 27 heavy (non-hydrogen) atoms. The number of nitrogens with one attached hydrogen (secondary N) is 1. The van der Waals surface area contributed by atoms with Gasteiger partial charge in [-0.05, 0) is 48.7 Å². The minimum Gasteiger partial charge on any atom is -0.493 e. The van der Waals surface area contributed by atoms with Gasteiger partial charge in [-0.3, -0.25) is 0 Å². The minimum atomic E-state index is -0.399. The van der Waals surface area contributed by atoms with Crippen LogP contribution in [-0.2, 0) is 13.0 Å². The van der Waals surface area contributed by atoms with Gasteiger partial charge in [0.15, 0.2) is 29.0 Å². The number of methoxy groups -OCH3 is 2. The highest BCUT2D eigenvalue weighted by Crippen LogP contribution is 2.27. The van der Waals surface area contributed by atoms with Crippen LogP contribution in [0.2, 0.25) is 0 Å². The molecule has 3 N–H and O–H groups in total. The van der Waals surface area contributed by atoms with E-state index in [2.05, 4.69) is 10.3 Å². The predicted molar refractivity (Wildman–Crippen MR) is 104 cm³/mol. The van der Waals surface area contributed by atoms with E-state index in [0.717, 1.165) is 17.5 Å². The number of rotatable bonds is 9. The summed E-state index contributed by atoms with van der Waals surface area (Å²) in [7, 11) is 3.21. The summed E-state index contributed by atoms with van der Waals surface area (Å²) in [6.07, 6.45) is 0.744. The zero-order chi connectivity index (χ0) is 19.6. The number of benzene rings is 2. The smallest absolute Gasteiger partial charge is 0.188 e. The van der Waals surface area contributed by atoms with Crippen molar-refractivity contribution in [3.8, 4) is 17.2 Å². The second-order valence-corrected chi connectivity index (χ2v) is 5.77. The largest absolute Gasteiger partial charge is 0.493 e. The number of ether oxygens (including phenoxy) is 3. The van der Waals surface area contributed by atoms with Crippen molar-refractivity contribution in [3.05, 3.63) is 53.3 Å². The third kappa shape index (κ3) is 6.06. The summed E-state index contributed by atoms with van der Waals surface area (Å²) in [5, 5.41) is 3.05. The Bertz CT molecular complexity index is 781. The van der Waals surface area contributed by atoms with Crippen molar-refractivity contribution in [2.75, 3.05) is 27.4 Å². The second-order valence-electron chi connectivity index (χ2n) is 5.77. The monoisotopic (exact) mass is 375 g/mol. The van der Waals surface area contributed by atoms with Gasteiger partial charge in [-0.2, -0.15) is 0 Å². The Hall–Kier alpha value is -2.96. The van der Waals surface area contributed by atoms with E-state index in [9.17, 15) is 4.39 Å². The Morgan fingerprint density at radius 1 is 1.04 bits per heavy atom. The molecule has 146 valence electrons. The Kier molecular flexibility index (Phi) is 7.73. The Morgan fingerprint density at radius 3 is 2.41 bits per heavy atom. The van der Waals surface area contributed by atoms with E-state index < -0.39 is 5.82 Å². The Balaban J connectivity index is 1.85. The third-order valence-electron chi connectivity index (χ3n) is 3.90. The van der Waals surface area contributed by atoms with Gasteiger partial charge in [0.25, 0.3) is 0 Å². The van der Waals surface area contributed by atoms with Gasteiger partial charge in [-0.15, -0.1) is 0 Å². The van der Waals surface area contributed by atoms with Crippen LogP contribution in [0.4, 0.5) is 4.39 Å². The summed E-state index contributed by atoms with van der Waals surface area (Å²) in [5.41, 5.74) is 7.69. The van der Waals surface area contributed by atoms with E-state index in [1.807, 2.05) is 25.1 Å². The van der Waals surface area contributed by atoms with Gasteiger partial charge < -0.3 is 25.3 Å². The van der Waals surface area contributed by atoms with E-state index in [1.54, 1.807) is 26.4 Å². The summed E-state index contributed by atoms with van der Waals surface area (Å²) >= 11 is 0. The van der Waals surface area contributed by atoms with Gasteiger partial charge in [0, 0.05) is 6.54 Å². The van der Waals surface area contributed by atoms with Gasteiger partial charge in [0.2, 0.25) is 0 Å². The topological polar surface area (TPSA) is 78.1 Å². The van der Waals surface area contributed by atoms with Gasteiger partial charge in [0.05, 0.1) is 27.4 Å². The molecule has 0 amide bonds. The molecule has 0 fully saturated rings. The van der Waals surface area contributed by atoms with Crippen LogP contribution in [0.3, 0.4) is 0 Å². The maximum atomic E-state index is 13.8. The van der Waals surface area contributed by atoms with Crippen LogP contribution < -0.4 is 25.3 Å². The van der Waals surface area contributed by atoms with Crippen LogP contribution in [0.5, 0.6) is 17.2 Å². The molecule has 2 aromatic carbocycles. The van der Waals surface area contributed by atoms with Crippen molar-refractivity contribution in [1.82, 2.24) is 5.32 Å². The van der Waals surface area contributed by atoms with Crippen LogP contribution in [-0.4, -0.2) is 33.3 Å². The first-order valence-corrected chi connectivity index (χ1v) is 8.73. The molecule has 0 saturated carbocycles. The standard InChI is InChI=1S/C20H26FN3O3/c1-4-27-17-7-6-15(11-16(17)21)13-24-20(22)23-10-9-14-5-8-18(25-2)19(12-14)26-3/h5-8,11-12H,4,9-10,13H2,1-3H3,(H3,22,23,24). The first kappa shape index (κ1) is 20.4. The molecule has 2 rings (SSSR count). The molecule has 7 heteroatoms. The zero-order valence-electron chi connectivity index (χ0n) is 15.9. The van der Waals surface area contributed by atoms with E-state index in [4.69, 9.17) is 19.9 Å². The first-order chi connectivity index (χ1) is 13.1. The molecule has 6 nitrogen and oxygen atoms in total. The summed E-state index contributed by atoms with van der Waals surface area (Å²) in [6, 6.07) is 10.5. The van der Waals surface area contributed by atoms with Gasteiger partial charge in [-0.25, -0.2) is 9.38 Å². The lowest BCUT2D eigenvalue weighted by atomic mass is 10.1. The molecule has 0 aromatic heterocycles. The van der Waals surface area contributed by atoms with Crippen LogP contribution in [0.15, 0.2) is 41.4 Å². The lowest BCUT2D eigenvalue weighted by Crippen LogP contribution is -2.33. The maximum Gasteiger partial charge on any atom is 0.188 e. The molecule has 0 aliphatic heterocycles. The Labute approximate surface area is 159 Å². The van der Waals surface area contributed by atoms with Crippen molar-refractivity contribution >= 4 is 5.96 Å². The number of aliphatic imine (C=N–C) groups is 1. The Morgan fingerprint density at radius 2 is 1.74 bits per heavy atom. The quantitative estimate of drug-likeness (QED) is 0.521. The number of hydrogen-bond donors (Lipinski definition) is 2. The third-order valence-corrected chi connectivity index (χ3v) is 3.90. The number of halogens is 1. The molecule has 0 radical (unpaired) electrons. The molecule has 0 aliphatic rings. The molecule has 2 aromatic rings. The molecule has 0 unspecified atom stereocenters. The fourth-order valence-corrected chi connectivity index (χ4v) is 2.52. The van der Waals surface area contributed by atoms with Crippen LogP contribution >= 0.6 is 0 Å². The predicted octanol–water partition coefficient (Wildman–Crippen LogP) is 2.89. The van der Waals surface area contributed by atoms with Gasteiger partial charge in [-0.1, -0.05) is 12.1 Å². The molecular weight excluding hydrogens is 349 g/mol. The van der Waals surface area contributed by atoms with E-state index in [-0.39, 0.29) is 5.75 Å². The van der Waals surface area contributed by atoms with E-state index in [0.29, 0.717) is 37.2 Å². The number of hydrogen-bond acceptors (Lipinski definition) is 4. The lowest BCUT2D eigenvalue weighted by Gasteiger charge is -2.10. The molecule has 0 aliphatic carbocycles. The second kappa shape index (κ2) is 10.3. The summed E-state index contributed by atoms with van der Waals surface area (Å²) in [6.45, 7) is 3.14. The van der Waals surface area contributed by atoms with Gasteiger partial charge in [0.1, 0.15) is 0 Å². The molecule has 0 atom stereocenters. The number of guanidine groups is 1. The normalized spacial score (nSPS) is 11.2. The molecule has 0 heterocycles. The first-order valence-electron chi connectivity index (χ1n) is 8.73. The zero-order valence-corrected chi connectivity index (χ0v) is 15.9. The average molecular weight is 375 g/mol. The SMILES string of the molecule is CCOc1ccc(CN=C(N)NCCc2ccc(OC)c(OC)c2)cc1F. The minimum absolute atomic E-state index is 0.242. The lowest BCUT2D eigenvalue weighted by molar-refractivity contribution is 0.321. The summed E-state index contributed by atoms with van der Waals surface area (Å²) in [4.78, 5) is 4.23. The highest BCUT2D eigenvalue weighted by atomic mass is 19.1. The van der Waals surface area contributed by atoms with Crippen LogP contribution in [0, 0.1) is 5.82 Å². The highest BCUT2D eigenvalue weighted by Gasteiger charge is 2.05. The van der Waals surface area contributed by atoms with Crippen molar-refractivity contribution < 1.29 is 18.6 Å². The van der Waals surface area contributed by atoms with E-state index in [1.165, 1.54) is 6.07 Å². The van der Waals surface area contributed by atoms with Gasteiger partial charge >= 0.3 is 0 Å². The summed E-state index contributed by atoms with van der Waals surface area (Å²) < 4.78 is 29.5. The van der Waals surface area contributed by atoms with Crippen molar-refractivity contribution in [2.24, 2.45) is 10.7 Å². The number of nitrogens with zero attached hydrogens (tertiary/aromatic N) is 1. The fourth-order valence-electron chi connectivity index (χ4n) is 2.52. The van der Waals surface area contributed by atoms with Crippen molar-refractivity contribution in [3.63, 3.8) is 0 Å². The van der Waals surface area contributed by atoms with Crippen molar-refractivity contribution in [2.45, 2.75) is 19.9 Å². The number of nitrogens with two attached hydrogens (primary N) is 1. The van der Waals surface area contributed by atoms with Crippen LogP contribution in [0.1, 0.15) is 18.1 Å². The summed E-state index contributed by atoms with van der Waals surface area (Å²) in [5.74, 6) is 1.53. The van der Waals surface area contributed by atoms with E-state index >= 15 is 0 Å². The van der Waals surface area contributed by atoms with Crippen molar-refractivity contribution in [1.29, 1.82) is 0 Å². The molecule has 0 spiro atoms. The van der Waals surface area contributed by atoms with Crippen LogP contribution in [0.25, 0.3) is 0 Å². The molecule has 0 saturated heterocycles.